The van der Waals surface area contributed by atoms with Crippen LogP contribution in [0.5, 0.6) is 0 Å². The number of nitrogens with zero attached hydrogens (tertiary/aromatic N) is 2. The number of likely N-dealkylation sites (N-methyl/N-ethyl adjacent to an activating group) is 1. The zero-order valence-corrected chi connectivity index (χ0v) is 15.1. The standard InChI is InChI=1S/C17H26N2O3S/c1-5-23(21,22)16-8-6-7-15(9-16)10-17(20)19-13(2)11-18(4)12-14(19)3/h6-9,13-14H,5,10-12H2,1-4H3/t13-,14-/m1/s1. The van der Waals surface area contributed by atoms with Crippen molar-refractivity contribution in [3.63, 3.8) is 0 Å². The van der Waals surface area contributed by atoms with E-state index < -0.39 is 9.84 Å². The second-order valence-electron chi connectivity index (χ2n) is 6.45. The van der Waals surface area contributed by atoms with Crippen molar-refractivity contribution < 1.29 is 13.2 Å². The fraction of sp³-hybridized carbons (Fsp3) is 0.588. The molecule has 0 aliphatic carbocycles. The number of sulfone groups is 1. The van der Waals surface area contributed by atoms with Gasteiger partial charge in [0.15, 0.2) is 9.84 Å². The third-order valence-corrected chi connectivity index (χ3v) is 6.11. The lowest BCUT2D eigenvalue weighted by molar-refractivity contribution is -0.137. The van der Waals surface area contributed by atoms with Crippen LogP contribution in [0.1, 0.15) is 26.3 Å². The van der Waals surface area contributed by atoms with E-state index in [1.807, 2.05) is 11.0 Å². The Morgan fingerprint density at radius 3 is 2.39 bits per heavy atom. The van der Waals surface area contributed by atoms with Gasteiger partial charge in [-0.25, -0.2) is 8.42 Å². The Morgan fingerprint density at radius 2 is 1.83 bits per heavy atom. The smallest absolute Gasteiger partial charge is 0.227 e. The first-order valence-corrected chi connectivity index (χ1v) is 9.71. The third-order valence-electron chi connectivity index (χ3n) is 4.38. The summed E-state index contributed by atoms with van der Waals surface area (Å²) in [5.74, 6) is 0.126. The summed E-state index contributed by atoms with van der Waals surface area (Å²) in [5.41, 5.74) is 0.753. The summed E-state index contributed by atoms with van der Waals surface area (Å²) in [6.07, 6.45) is 0.242. The van der Waals surface area contributed by atoms with Gasteiger partial charge in [-0.15, -0.1) is 0 Å². The Bertz CT molecular complexity index is 660. The first-order valence-electron chi connectivity index (χ1n) is 8.06. The van der Waals surface area contributed by atoms with Gasteiger partial charge in [-0.3, -0.25) is 4.79 Å². The lowest BCUT2D eigenvalue weighted by Gasteiger charge is -2.43. The molecular formula is C17H26N2O3S. The summed E-state index contributed by atoms with van der Waals surface area (Å²) in [5, 5.41) is 0. The number of benzene rings is 1. The van der Waals surface area contributed by atoms with Crippen molar-refractivity contribution in [3.05, 3.63) is 29.8 Å². The Kier molecular flexibility index (Phi) is 5.47. The summed E-state index contributed by atoms with van der Waals surface area (Å²) >= 11 is 0. The molecule has 6 heteroatoms. The van der Waals surface area contributed by atoms with Crippen molar-refractivity contribution in [3.8, 4) is 0 Å². The van der Waals surface area contributed by atoms with Gasteiger partial charge < -0.3 is 9.80 Å². The number of rotatable bonds is 4. The molecule has 0 saturated carbocycles. The van der Waals surface area contributed by atoms with Gasteiger partial charge in [0.25, 0.3) is 0 Å². The molecule has 0 aromatic heterocycles. The molecule has 1 saturated heterocycles. The first kappa shape index (κ1) is 17.9. The van der Waals surface area contributed by atoms with Crippen molar-refractivity contribution in [1.29, 1.82) is 0 Å². The molecule has 1 fully saturated rings. The van der Waals surface area contributed by atoms with Gasteiger partial charge in [-0.1, -0.05) is 19.1 Å². The molecule has 1 heterocycles. The van der Waals surface area contributed by atoms with Crippen LogP contribution in [-0.4, -0.2) is 62.1 Å². The molecule has 0 unspecified atom stereocenters. The van der Waals surface area contributed by atoms with Gasteiger partial charge in [0, 0.05) is 25.2 Å². The highest BCUT2D eigenvalue weighted by molar-refractivity contribution is 7.91. The van der Waals surface area contributed by atoms with Crippen LogP contribution >= 0.6 is 0 Å². The zero-order chi connectivity index (χ0) is 17.2. The molecule has 2 rings (SSSR count). The Hall–Kier alpha value is -1.40. The van der Waals surface area contributed by atoms with Crippen LogP contribution in [0.4, 0.5) is 0 Å². The monoisotopic (exact) mass is 338 g/mol. The molecular weight excluding hydrogens is 312 g/mol. The molecule has 2 atom stereocenters. The Morgan fingerprint density at radius 1 is 1.22 bits per heavy atom. The van der Waals surface area contributed by atoms with E-state index in [0.29, 0.717) is 4.90 Å². The van der Waals surface area contributed by atoms with Crippen molar-refractivity contribution in [2.24, 2.45) is 0 Å². The maximum atomic E-state index is 12.7. The lowest BCUT2D eigenvalue weighted by atomic mass is 10.1. The quantitative estimate of drug-likeness (QED) is 0.836. The summed E-state index contributed by atoms with van der Waals surface area (Å²) in [6, 6.07) is 7.08. The summed E-state index contributed by atoms with van der Waals surface area (Å²) < 4.78 is 24.0. The number of amides is 1. The van der Waals surface area contributed by atoms with Crippen molar-refractivity contribution in [2.75, 3.05) is 25.9 Å². The zero-order valence-electron chi connectivity index (χ0n) is 14.3. The molecule has 0 bridgehead atoms. The molecule has 23 heavy (non-hydrogen) atoms. The highest BCUT2D eigenvalue weighted by Crippen LogP contribution is 2.18. The molecule has 128 valence electrons. The molecule has 0 radical (unpaired) electrons. The number of piperazine rings is 1. The minimum Gasteiger partial charge on any atom is -0.334 e. The summed E-state index contributed by atoms with van der Waals surface area (Å²) in [7, 11) is -1.18. The normalized spacial score (nSPS) is 23.0. The first-order chi connectivity index (χ1) is 10.7. The number of carbonyl (C=O) groups is 1. The molecule has 1 aromatic carbocycles. The van der Waals surface area contributed by atoms with E-state index in [1.165, 1.54) is 0 Å². The number of carbonyl (C=O) groups excluding carboxylic acids is 1. The number of hydrogen-bond acceptors (Lipinski definition) is 4. The van der Waals surface area contributed by atoms with Gasteiger partial charge in [-0.05, 0) is 38.6 Å². The van der Waals surface area contributed by atoms with E-state index >= 15 is 0 Å². The van der Waals surface area contributed by atoms with Gasteiger partial charge >= 0.3 is 0 Å². The molecule has 0 N–H and O–H groups in total. The minimum absolute atomic E-state index is 0.0594. The van der Waals surface area contributed by atoms with Crippen molar-refractivity contribution in [2.45, 2.75) is 44.2 Å². The van der Waals surface area contributed by atoms with Crippen LogP contribution < -0.4 is 0 Å². The molecule has 1 aromatic rings. The van der Waals surface area contributed by atoms with E-state index in [1.54, 1.807) is 25.1 Å². The molecule has 1 amide bonds. The van der Waals surface area contributed by atoms with Crippen LogP contribution in [0.2, 0.25) is 0 Å². The third kappa shape index (κ3) is 4.12. The topological polar surface area (TPSA) is 57.7 Å². The highest BCUT2D eigenvalue weighted by Gasteiger charge is 2.31. The van der Waals surface area contributed by atoms with Crippen molar-refractivity contribution in [1.82, 2.24) is 9.80 Å². The Labute approximate surface area is 139 Å². The maximum Gasteiger partial charge on any atom is 0.227 e. The van der Waals surface area contributed by atoms with Gasteiger partial charge in [0.05, 0.1) is 17.1 Å². The van der Waals surface area contributed by atoms with E-state index in [4.69, 9.17) is 0 Å². The second kappa shape index (κ2) is 7.01. The fourth-order valence-electron chi connectivity index (χ4n) is 3.36. The van der Waals surface area contributed by atoms with Gasteiger partial charge in [-0.2, -0.15) is 0 Å². The van der Waals surface area contributed by atoms with E-state index in [0.717, 1.165) is 18.7 Å². The van der Waals surface area contributed by atoms with Crippen LogP contribution in [0, 0.1) is 0 Å². The largest absolute Gasteiger partial charge is 0.334 e. The predicted molar refractivity (Wildman–Crippen MR) is 91.1 cm³/mol. The number of hydrogen-bond donors (Lipinski definition) is 0. The SMILES string of the molecule is CCS(=O)(=O)c1cccc(CC(=O)N2[C@H](C)CN(C)C[C@H]2C)c1. The van der Waals surface area contributed by atoms with Gasteiger partial charge in [0.1, 0.15) is 0 Å². The molecule has 0 spiro atoms. The minimum atomic E-state index is -3.24. The Balaban J connectivity index is 2.16. The summed E-state index contributed by atoms with van der Waals surface area (Å²) in [4.78, 5) is 17.1. The van der Waals surface area contributed by atoms with Crippen LogP contribution in [-0.2, 0) is 21.1 Å². The lowest BCUT2D eigenvalue weighted by Crippen LogP contribution is -2.57. The molecule has 5 nitrogen and oxygen atoms in total. The second-order valence-corrected chi connectivity index (χ2v) is 8.73. The van der Waals surface area contributed by atoms with E-state index in [9.17, 15) is 13.2 Å². The van der Waals surface area contributed by atoms with Crippen molar-refractivity contribution >= 4 is 15.7 Å². The average Bonchev–Trinajstić information content (AvgIpc) is 2.46. The predicted octanol–water partition coefficient (Wildman–Crippen LogP) is 1.57. The summed E-state index contributed by atoms with van der Waals surface area (Å²) in [6.45, 7) is 7.46. The van der Waals surface area contributed by atoms with E-state index in [-0.39, 0.29) is 30.2 Å². The average molecular weight is 338 g/mol. The van der Waals surface area contributed by atoms with E-state index in [2.05, 4.69) is 25.8 Å². The maximum absolute atomic E-state index is 12.7. The fourth-order valence-corrected chi connectivity index (χ4v) is 4.31. The highest BCUT2D eigenvalue weighted by atomic mass is 32.2. The van der Waals surface area contributed by atoms with Crippen LogP contribution in [0.3, 0.4) is 0 Å². The molecule has 1 aliphatic heterocycles. The van der Waals surface area contributed by atoms with Crippen LogP contribution in [0.15, 0.2) is 29.2 Å². The van der Waals surface area contributed by atoms with Crippen LogP contribution in [0.25, 0.3) is 0 Å². The molecule has 1 aliphatic rings. The van der Waals surface area contributed by atoms with Gasteiger partial charge in [0.2, 0.25) is 5.91 Å².